The van der Waals surface area contributed by atoms with Gasteiger partial charge in [-0.1, -0.05) is 24.3 Å². The number of carbonyl (C=O) groups is 2. The van der Waals surface area contributed by atoms with Crippen molar-refractivity contribution in [2.24, 2.45) is 0 Å². The van der Waals surface area contributed by atoms with Gasteiger partial charge in [0, 0.05) is 27.3 Å². The van der Waals surface area contributed by atoms with E-state index >= 15 is 0 Å². The van der Waals surface area contributed by atoms with E-state index in [4.69, 9.17) is 10.2 Å². The van der Waals surface area contributed by atoms with Crippen molar-refractivity contribution in [1.82, 2.24) is 0 Å². The molecule has 0 aromatic heterocycles. The summed E-state index contributed by atoms with van der Waals surface area (Å²) in [5, 5.41) is 17.7. The average Bonchev–Trinajstić information content (AvgIpc) is 2.48. The minimum Gasteiger partial charge on any atom is -0.478 e. The van der Waals surface area contributed by atoms with Crippen molar-refractivity contribution in [1.29, 1.82) is 0 Å². The van der Waals surface area contributed by atoms with Crippen LogP contribution in [0.25, 0.3) is 0 Å². The molecule has 2 N–H and O–H groups in total. The molecule has 0 spiro atoms. The molecule has 2 rings (SSSR count). The molecular weight excluding hydrogens is 417 g/mol. The van der Waals surface area contributed by atoms with Gasteiger partial charge in [0.25, 0.3) is 0 Å². The van der Waals surface area contributed by atoms with Crippen molar-refractivity contribution in [2.45, 2.75) is 41.5 Å². The Balaban J connectivity index is 0.000000443. The molecular formula is C20H24CdO4. The fourth-order valence-electron chi connectivity index (χ4n) is 2.56. The van der Waals surface area contributed by atoms with Gasteiger partial charge >= 0.3 is 11.9 Å². The van der Waals surface area contributed by atoms with Gasteiger partial charge in [-0.15, -0.1) is 0 Å². The summed E-state index contributed by atoms with van der Waals surface area (Å²) in [7, 11) is 0. The molecule has 2 aromatic rings. The van der Waals surface area contributed by atoms with Crippen molar-refractivity contribution in [3.05, 3.63) is 68.8 Å². The third-order valence-electron chi connectivity index (χ3n) is 4.32. The van der Waals surface area contributed by atoms with Gasteiger partial charge in [-0.3, -0.25) is 0 Å². The summed E-state index contributed by atoms with van der Waals surface area (Å²) >= 11 is 0. The molecule has 0 atom stereocenters. The van der Waals surface area contributed by atoms with Crippen LogP contribution in [0.5, 0.6) is 0 Å². The van der Waals surface area contributed by atoms with E-state index in [2.05, 4.69) is 0 Å². The Morgan fingerprint density at radius 1 is 0.600 bits per heavy atom. The summed E-state index contributed by atoms with van der Waals surface area (Å²) < 4.78 is 0. The number of hydrogen-bond acceptors (Lipinski definition) is 2. The van der Waals surface area contributed by atoms with E-state index in [9.17, 15) is 9.59 Å². The number of carboxylic acid groups (broad SMARTS) is 2. The molecule has 0 radical (unpaired) electrons. The second-order valence-corrected chi connectivity index (χ2v) is 6.01. The summed E-state index contributed by atoms with van der Waals surface area (Å²) in [6.45, 7) is 11.1. The van der Waals surface area contributed by atoms with Crippen LogP contribution in [0.1, 0.15) is 54.1 Å². The third kappa shape index (κ3) is 5.66. The summed E-state index contributed by atoms with van der Waals surface area (Å²) in [4.78, 5) is 21.6. The first kappa shape index (κ1) is 23.3. The maximum atomic E-state index is 10.8. The fourth-order valence-corrected chi connectivity index (χ4v) is 2.56. The second-order valence-electron chi connectivity index (χ2n) is 6.01. The monoisotopic (exact) mass is 442 g/mol. The Kier molecular flexibility index (Phi) is 9.04. The first-order chi connectivity index (χ1) is 11.1. The van der Waals surface area contributed by atoms with E-state index in [1.54, 1.807) is 0 Å². The van der Waals surface area contributed by atoms with E-state index in [0.717, 1.165) is 33.4 Å². The Labute approximate surface area is 169 Å². The average molecular weight is 441 g/mol. The van der Waals surface area contributed by atoms with Gasteiger partial charge in [0.1, 0.15) is 0 Å². The summed E-state index contributed by atoms with van der Waals surface area (Å²) in [6.07, 6.45) is 0. The maximum Gasteiger partial charge on any atom is 0.336 e. The number of aromatic carboxylic acids is 2. The smallest absolute Gasteiger partial charge is 0.336 e. The van der Waals surface area contributed by atoms with Gasteiger partial charge in [0.2, 0.25) is 0 Å². The molecule has 4 nitrogen and oxygen atoms in total. The molecule has 0 amide bonds. The van der Waals surface area contributed by atoms with Crippen molar-refractivity contribution < 1.29 is 47.1 Å². The zero-order valence-corrected chi connectivity index (χ0v) is 19.8. The molecule has 130 valence electrons. The molecule has 2 aromatic carbocycles. The zero-order valence-electron chi connectivity index (χ0n) is 15.7. The van der Waals surface area contributed by atoms with Gasteiger partial charge in [-0.05, 0) is 74.9 Å². The molecule has 0 aliphatic rings. The molecule has 0 unspecified atom stereocenters. The van der Waals surface area contributed by atoms with Gasteiger partial charge in [0.05, 0.1) is 11.1 Å². The van der Waals surface area contributed by atoms with Crippen LogP contribution in [-0.4, -0.2) is 22.2 Å². The molecule has 5 heteroatoms. The Hall–Kier alpha value is -1.70. The SMILES string of the molecule is Cc1ccc(C)c(C(=O)O)c1C.Cc1ccc(C)c(C(=O)O)c1C.[Cd]. The summed E-state index contributed by atoms with van der Waals surface area (Å²) in [5.74, 6) is -1.68. The normalized spacial score (nSPS) is 9.52. The Morgan fingerprint density at radius 3 is 1.04 bits per heavy atom. The maximum absolute atomic E-state index is 10.8. The molecule has 0 aliphatic heterocycles. The van der Waals surface area contributed by atoms with Gasteiger partial charge in [0.15, 0.2) is 0 Å². The van der Waals surface area contributed by atoms with Crippen LogP contribution in [0, 0.1) is 41.5 Å². The molecule has 0 aliphatic carbocycles. The minimum atomic E-state index is -0.839. The standard InChI is InChI=1S/2C10H12O2.Cd/c2*1-6-4-5-7(2)9(8(6)3)10(11)12;/h2*4-5H,1-3H3,(H,11,12);. The molecule has 0 fully saturated rings. The van der Waals surface area contributed by atoms with Crippen LogP contribution in [0.4, 0.5) is 0 Å². The first-order valence-electron chi connectivity index (χ1n) is 7.68. The first-order valence-corrected chi connectivity index (χ1v) is 7.68. The topological polar surface area (TPSA) is 74.6 Å². The van der Waals surface area contributed by atoms with Crippen molar-refractivity contribution in [3.8, 4) is 0 Å². The van der Waals surface area contributed by atoms with Crippen LogP contribution in [0.2, 0.25) is 0 Å². The number of carboxylic acids is 2. The predicted octanol–water partition coefficient (Wildman–Crippen LogP) is 4.62. The largest absolute Gasteiger partial charge is 0.478 e. The van der Waals surface area contributed by atoms with Gasteiger partial charge in [-0.25, -0.2) is 9.59 Å². The molecule has 0 saturated heterocycles. The van der Waals surface area contributed by atoms with E-state index < -0.39 is 11.9 Å². The van der Waals surface area contributed by atoms with Crippen LogP contribution in [0.3, 0.4) is 0 Å². The molecule has 0 saturated carbocycles. The number of benzene rings is 2. The van der Waals surface area contributed by atoms with Crippen LogP contribution < -0.4 is 0 Å². The molecule has 0 bridgehead atoms. The quantitative estimate of drug-likeness (QED) is 0.668. The van der Waals surface area contributed by atoms with Crippen molar-refractivity contribution >= 4 is 11.9 Å². The van der Waals surface area contributed by atoms with E-state index in [-0.39, 0.29) is 27.3 Å². The molecule has 0 heterocycles. The summed E-state index contributed by atoms with van der Waals surface area (Å²) in [6, 6.07) is 7.56. The van der Waals surface area contributed by atoms with Crippen molar-refractivity contribution in [3.63, 3.8) is 0 Å². The van der Waals surface area contributed by atoms with Crippen LogP contribution >= 0.6 is 0 Å². The Bertz CT molecular complexity index is 727. The van der Waals surface area contributed by atoms with Crippen molar-refractivity contribution in [2.75, 3.05) is 0 Å². The third-order valence-corrected chi connectivity index (χ3v) is 4.32. The van der Waals surface area contributed by atoms with Crippen LogP contribution in [0.15, 0.2) is 24.3 Å². The number of hydrogen-bond donors (Lipinski definition) is 2. The van der Waals surface area contributed by atoms with Crippen LogP contribution in [-0.2, 0) is 27.3 Å². The van der Waals surface area contributed by atoms with E-state index in [1.165, 1.54) is 0 Å². The summed E-state index contributed by atoms with van der Waals surface area (Å²) in [5.41, 5.74) is 6.31. The number of aryl methyl sites for hydroxylation is 4. The van der Waals surface area contributed by atoms with Gasteiger partial charge in [-0.2, -0.15) is 0 Å². The minimum absolute atomic E-state index is 0. The zero-order chi connectivity index (χ0) is 18.6. The predicted molar refractivity (Wildman–Crippen MR) is 95.2 cm³/mol. The van der Waals surface area contributed by atoms with E-state index in [0.29, 0.717) is 11.1 Å². The van der Waals surface area contributed by atoms with E-state index in [1.807, 2.05) is 65.8 Å². The number of rotatable bonds is 2. The Morgan fingerprint density at radius 2 is 0.840 bits per heavy atom. The second kappa shape index (κ2) is 9.70. The fraction of sp³-hybridized carbons (Fsp3) is 0.300. The molecule has 25 heavy (non-hydrogen) atoms. The van der Waals surface area contributed by atoms with Gasteiger partial charge < -0.3 is 10.2 Å².